The summed E-state index contributed by atoms with van der Waals surface area (Å²) in [5.41, 5.74) is 5.11. The lowest BCUT2D eigenvalue weighted by Crippen LogP contribution is -2.62. The largest absolute Gasteiger partial charge is 0.399 e. The van der Waals surface area contributed by atoms with Crippen molar-refractivity contribution < 1.29 is 13.5 Å². The van der Waals surface area contributed by atoms with Crippen LogP contribution in [-0.4, -0.2) is 36.5 Å². The van der Waals surface area contributed by atoms with Gasteiger partial charge in [-0.25, -0.2) is 8.42 Å². The molecule has 18 heavy (non-hydrogen) atoms. The van der Waals surface area contributed by atoms with E-state index in [1.54, 1.807) is 12.1 Å². The van der Waals surface area contributed by atoms with E-state index in [4.69, 9.17) is 5.73 Å². The molecule has 100 valence electrons. The van der Waals surface area contributed by atoms with Gasteiger partial charge in [0.15, 0.2) is 0 Å². The lowest BCUT2D eigenvalue weighted by Gasteiger charge is -2.44. The number of aliphatic hydroxyl groups is 1. The molecule has 0 aliphatic carbocycles. The first-order chi connectivity index (χ1) is 8.28. The van der Waals surface area contributed by atoms with Crippen molar-refractivity contribution in [2.45, 2.75) is 23.8 Å². The molecule has 0 atom stereocenters. The topological polar surface area (TPSA) is 83.6 Å². The zero-order valence-corrected chi connectivity index (χ0v) is 12.3. The zero-order chi connectivity index (χ0) is 13.6. The highest BCUT2D eigenvalue weighted by Crippen LogP contribution is 2.33. The van der Waals surface area contributed by atoms with Crippen molar-refractivity contribution in [2.75, 3.05) is 18.8 Å². The molecular weight excluding hydrogens is 320 g/mol. The maximum absolute atomic E-state index is 12.3. The summed E-state index contributed by atoms with van der Waals surface area (Å²) in [5, 5.41) is 9.88. The Kier molecular flexibility index (Phi) is 3.44. The third kappa shape index (κ3) is 2.27. The number of hydrogen-bond acceptors (Lipinski definition) is 4. The van der Waals surface area contributed by atoms with Gasteiger partial charge >= 0.3 is 0 Å². The van der Waals surface area contributed by atoms with Crippen LogP contribution in [0.3, 0.4) is 0 Å². The summed E-state index contributed by atoms with van der Waals surface area (Å²) in [7, 11) is -3.59. The zero-order valence-electron chi connectivity index (χ0n) is 9.93. The Hall–Kier alpha value is -0.630. The van der Waals surface area contributed by atoms with Gasteiger partial charge in [-0.2, -0.15) is 4.31 Å². The lowest BCUT2D eigenvalue weighted by molar-refractivity contribution is -0.0613. The average molecular weight is 335 g/mol. The predicted molar refractivity (Wildman–Crippen MR) is 72.6 cm³/mol. The Balaban J connectivity index is 2.31. The van der Waals surface area contributed by atoms with E-state index in [-0.39, 0.29) is 18.0 Å². The van der Waals surface area contributed by atoms with Gasteiger partial charge in [-0.3, -0.25) is 0 Å². The van der Waals surface area contributed by atoms with Crippen molar-refractivity contribution in [2.24, 2.45) is 0 Å². The van der Waals surface area contributed by atoms with Gasteiger partial charge < -0.3 is 10.8 Å². The summed E-state index contributed by atoms with van der Waals surface area (Å²) < 4.78 is 26.4. The number of hydrogen-bond donors (Lipinski definition) is 2. The highest BCUT2D eigenvalue weighted by molar-refractivity contribution is 9.10. The summed E-state index contributed by atoms with van der Waals surface area (Å²) in [4.78, 5) is 0.139. The van der Waals surface area contributed by atoms with Crippen molar-refractivity contribution in [3.8, 4) is 0 Å². The number of rotatable bonds is 3. The Labute approximate surface area is 115 Å². The molecule has 1 heterocycles. The highest BCUT2D eigenvalue weighted by atomic mass is 79.9. The van der Waals surface area contributed by atoms with Gasteiger partial charge in [0.05, 0.1) is 10.5 Å². The Morgan fingerprint density at radius 3 is 2.67 bits per heavy atom. The molecular formula is C11H15BrN2O3S. The number of nitrogens with zero attached hydrogens (tertiary/aromatic N) is 1. The second kappa shape index (κ2) is 4.48. The summed E-state index contributed by atoms with van der Waals surface area (Å²) in [6.07, 6.45) is 0.539. The fourth-order valence-electron chi connectivity index (χ4n) is 1.86. The van der Waals surface area contributed by atoms with Crippen LogP contribution in [0.25, 0.3) is 0 Å². The predicted octanol–water partition coefficient (Wildman–Crippen LogP) is 1.18. The molecule has 0 amide bonds. The van der Waals surface area contributed by atoms with Crippen LogP contribution in [-0.2, 0) is 10.0 Å². The number of β-amino-alcohol motifs (C(OH)–C–C–N with tert-alkyl or cyclic N) is 1. The van der Waals surface area contributed by atoms with Crippen molar-refractivity contribution in [3.05, 3.63) is 22.7 Å². The number of benzene rings is 1. The van der Waals surface area contributed by atoms with Gasteiger partial charge in [0.2, 0.25) is 10.0 Å². The summed E-state index contributed by atoms with van der Waals surface area (Å²) >= 11 is 3.21. The van der Waals surface area contributed by atoms with E-state index in [2.05, 4.69) is 15.9 Å². The molecule has 0 aromatic heterocycles. The summed E-state index contributed by atoms with van der Waals surface area (Å²) in [6.45, 7) is 2.10. The minimum atomic E-state index is -3.59. The van der Waals surface area contributed by atoms with Gasteiger partial charge in [0.25, 0.3) is 0 Å². The number of halogens is 1. The number of nitrogen functional groups attached to an aromatic ring is 1. The van der Waals surface area contributed by atoms with E-state index in [1.807, 2.05) is 6.92 Å². The molecule has 1 aromatic carbocycles. The molecule has 1 fully saturated rings. The molecule has 5 nitrogen and oxygen atoms in total. The van der Waals surface area contributed by atoms with Gasteiger partial charge in [0.1, 0.15) is 0 Å². The van der Waals surface area contributed by atoms with Crippen LogP contribution in [0.4, 0.5) is 5.69 Å². The molecule has 0 spiro atoms. The fourth-order valence-corrected chi connectivity index (χ4v) is 4.42. The van der Waals surface area contributed by atoms with Crippen molar-refractivity contribution in [1.82, 2.24) is 4.31 Å². The van der Waals surface area contributed by atoms with E-state index >= 15 is 0 Å². The Bertz CT molecular complexity index is 568. The minimum Gasteiger partial charge on any atom is -0.399 e. The SMILES string of the molecule is CCC1(O)CN(S(=O)(=O)c2cc(N)ccc2Br)C1. The van der Waals surface area contributed by atoms with E-state index in [0.29, 0.717) is 16.6 Å². The molecule has 7 heteroatoms. The molecule has 0 unspecified atom stereocenters. The number of nitrogens with two attached hydrogens (primary N) is 1. The standard InChI is InChI=1S/C11H15BrN2O3S/c1-2-11(15)6-14(7-11)18(16,17)10-5-8(13)3-4-9(10)12/h3-5,15H,2,6-7,13H2,1H3. The number of sulfonamides is 1. The van der Waals surface area contributed by atoms with Crippen LogP contribution >= 0.6 is 15.9 Å². The third-order valence-corrected chi connectivity index (χ3v) is 5.96. The molecule has 3 N–H and O–H groups in total. The quantitative estimate of drug-likeness (QED) is 0.813. The van der Waals surface area contributed by atoms with Crippen LogP contribution in [0.5, 0.6) is 0 Å². The van der Waals surface area contributed by atoms with Crippen LogP contribution < -0.4 is 5.73 Å². The molecule has 1 saturated heterocycles. The molecule has 0 saturated carbocycles. The number of anilines is 1. The van der Waals surface area contributed by atoms with E-state index in [9.17, 15) is 13.5 Å². The first kappa shape index (κ1) is 13.8. The van der Waals surface area contributed by atoms with Gasteiger partial charge in [-0.05, 0) is 40.5 Å². The molecule has 1 aliphatic heterocycles. The van der Waals surface area contributed by atoms with Gasteiger partial charge in [-0.15, -0.1) is 0 Å². The van der Waals surface area contributed by atoms with E-state index < -0.39 is 15.6 Å². The second-order valence-electron chi connectivity index (χ2n) is 4.54. The van der Waals surface area contributed by atoms with Gasteiger partial charge in [-0.1, -0.05) is 6.92 Å². The molecule has 2 rings (SSSR count). The van der Waals surface area contributed by atoms with E-state index in [0.717, 1.165) is 0 Å². The monoisotopic (exact) mass is 334 g/mol. The minimum absolute atomic E-state index is 0.132. The Morgan fingerprint density at radius 2 is 2.11 bits per heavy atom. The van der Waals surface area contributed by atoms with Crippen molar-refractivity contribution >= 4 is 31.6 Å². The Morgan fingerprint density at radius 1 is 1.50 bits per heavy atom. The van der Waals surface area contributed by atoms with Crippen molar-refractivity contribution in [3.63, 3.8) is 0 Å². The fraction of sp³-hybridized carbons (Fsp3) is 0.455. The van der Waals surface area contributed by atoms with Gasteiger partial charge in [0, 0.05) is 23.2 Å². The lowest BCUT2D eigenvalue weighted by atomic mass is 9.94. The maximum Gasteiger partial charge on any atom is 0.244 e. The van der Waals surface area contributed by atoms with Crippen LogP contribution in [0.15, 0.2) is 27.6 Å². The normalized spacial score (nSPS) is 19.5. The second-order valence-corrected chi connectivity index (χ2v) is 7.30. The molecule has 1 aliphatic rings. The first-order valence-corrected chi connectivity index (χ1v) is 7.79. The smallest absolute Gasteiger partial charge is 0.244 e. The first-order valence-electron chi connectivity index (χ1n) is 5.56. The summed E-state index contributed by atoms with van der Waals surface area (Å²) in [6, 6.07) is 4.65. The molecule has 1 aromatic rings. The van der Waals surface area contributed by atoms with Crippen LogP contribution in [0.1, 0.15) is 13.3 Å². The van der Waals surface area contributed by atoms with Crippen LogP contribution in [0.2, 0.25) is 0 Å². The summed E-state index contributed by atoms with van der Waals surface area (Å²) in [5.74, 6) is 0. The van der Waals surface area contributed by atoms with Crippen LogP contribution in [0, 0.1) is 0 Å². The van der Waals surface area contributed by atoms with E-state index in [1.165, 1.54) is 10.4 Å². The molecule has 0 radical (unpaired) electrons. The third-order valence-electron chi connectivity index (χ3n) is 3.17. The molecule has 0 bridgehead atoms. The average Bonchev–Trinajstić information content (AvgIpc) is 2.28. The maximum atomic E-state index is 12.3. The van der Waals surface area contributed by atoms with Crippen molar-refractivity contribution in [1.29, 1.82) is 0 Å². The highest BCUT2D eigenvalue weighted by Gasteiger charge is 2.46.